The molecule has 8 heteroatoms. The third-order valence-electron chi connectivity index (χ3n) is 5.64. The van der Waals surface area contributed by atoms with Crippen LogP contribution in [0.25, 0.3) is 11.1 Å². The van der Waals surface area contributed by atoms with Crippen LogP contribution in [-0.2, 0) is 28.7 Å². The molecule has 0 fully saturated rings. The predicted molar refractivity (Wildman–Crippen MR) is 136 cm³/mol. The fourth-order valence-electron chi connectivity index (χ4n) is 3.99. The molecule has 1 N–H and O–H groups in total. The lowest BCUT2D eigenvalue weighted by Crippen LogP contribution is -2.33. The van der Waals surface area contributed by atoms with Gasteiger partial charge in [-0.15, -0.1) is 0 Å². The van der Waals surface area contributed by atoms with Crippen molar-refractivity contribution in [3.05, 3.63) is 81.8 Å². The molecule has 1 aliphatic rings. The fourth-order valence-corrected chi connectivity index (χ4v) is 5.74. The molecule has 5 nitrogen and oxygen atoms in total. The molecule has 0 aromatic heterocycles. The van der Waals surface area contributed by atoms with E-state index in [1.165, 1.54) is 4.31 Å². The number of ether oxygens (including phenoxy) is 1. The molecule has 0 amide bonds. The first-order valence-electron chi connectivity index (χ1n) is 10.9. The third kappa shape index (κ3) is 5.99. The first-order chi connectivity index (χ1) is 16.1. The second kappa shape index (κ2) is 10.1. The summed E-state index contributed by atoms with van der Waals surface area (Å²) in [7, 11) is -1.66. The zero-order valence-electron chi connectivity index (χ0n) is 18.9. The summed E-state index contributed by atoms with van der Waals surface area (Å²) in [6.45, 7) is 3.92. The summed E-state index contributed by atoms with van der Waals surface area (Å²) >= 11 is 12.3. The summed E-state index contributed by atoms with van der Waals surface area (Å²) in [5, 5.41) is 10.5. The van der Waals surface area contributed by atoms with Gasteiger partial charge in [0, 0.05) is 16.6 Å². The molecule has 178 valence electrons. The summed E-state index contributed by atoms with van der Waals surface area (Å²) in [5.74, 6) is -0.260. The molecule has 0 radical (unpaired) electrons. The van der Waals surface area contributed by atoms with Crippen LogP contribution in [0.3, 0.4) is 0 Å². The lowest BCUT2D eigenvalue weighted by Gasteiger charge is -2.32. The average molecular weight is 518 g/mol. The van der Waals surface area contributed by atoms with Gasteiger partial charge in [-0.2, -0.15) is 0 Å². The van der Waals surface area contributed by atoms with Gasteiger partial charge in [0.25, 0.3) is 0 Å². The van der Waals surface area contributed by atoms with Crippen molar-refractivity contribution in [2.45, 2.75) is 43.7 Å². The molecular weight excluding hydrogens is 493 g/mol. The number of fused-ring (bicyclic) bond motifs is 1. The maximum absolute atomic E-state index is 13.4. The zero-order chi connectivity index (χ0) is 24.5. The number of carbonyl (C=O) groups is 1. The minimum atomic E-state index is -1.66. The van der Waals surface area contributed by atoms with Gasteiger partial charge >= 0.3 is 5.97 Å². The molecule has 0 bridgehead atoms. The van der Waals surface area contributed by atoms with Crippen LogP contribution < -0.4 is 4.74 Å². The van der Waals surface area contributed by atoms with Gasteiger partial charge in [-0.1, -0.05) is 41.4 Å². The number of carboxylic acids is 1. The van der Waals surface area contributed by atoms with Gasteiger partial charge in [0.05, 0.1) is 4.90 Å². The average Bonchev–Trinajstić information content (AvgIpc) is 2.76. The first-order valence-corrected chi connectivity index (χ1v) is 12.7. The maximum atomic E-state index is 13.4. The van der Waals surface area contributed by atoms with E-state index in [2.05, 4.69) is 0 Å². The Bertz CT molecular complexity index is 1240. The number of aryl methyl sites for hydroxylation is 1. The Morgan fingerprint density at radius 2 is 1.79 bits per heavy atom. The van der Waals surface area contributed by atoms with Crippen LogP contribution in [0.5, 0.6) is 5.75 Å². The van der Waals surface area contributed by atoms with Gasteiger partial charge in [0.15, 0.2) is 0 Å². The minimum absolute atomic E-state index is 0.196. The molecule has 3 aromatic rings. The van der Waals surface area contributed by atoms with E-state index < -0.39 is 17.0 Å². The van der Waals surface area contributed by atoms with Crippen molar-refractivity contribution in [2.75, 3.05) is 6.54 Å². The van der Waals surface area contributed by atoms with E-state index in [-0.39, 0.29) is 18.7 Å². The second-order valence-electron chi connectivity index (χ2n) is 8.93. The van der Waals surface area contributed by atoms with Crippen LogP contribution in [0.15, 0.2) is 65.6 Å². The van der Waals surface area contributed by atoms with Crippen molar-refractivity contribution in [3.63, 3.8) is 0 Å². The topological polar surface area (TPSA) is 66.8 Å². The van der Waals surface area contributed by atoms with Gasteiger partial charge in [0.1, 0.15) is 28.9 Å². The van der Waals surface area contributed by atoms with E-state index in [4.69, 9.17) is 27.9 Å². The number of carboxylic acid groups (broad SMARTS) is 1. The molecule has 1 aliphatic heterocycles. The number of benzene rings is 3. The number of nitrogens with zero attached hydrogens (tertiary/aromatic N) is 1. The number of rotatable bonds is 7. The molecule has 1 atom stereocenters. The van der Waals surface area contributed by atoms with E-state index in [1.54, 1.807) is 12.1 Å². The molecule has 0 spiro atoms. The largest absolute Gasteiger partial charge is 0.488 e. The standard InChI is InChI=1S/C26H25Cl2NO4S/c1-26(2)9-8-19-13-23(6-7-24(19)33-26)34(32)29(16-25(30)31)15-17-4-3-5-18(10-17)20-11-21(27)14-22(28)12-20/h3-7,10-14H,8-9,15-16H2,1-2H3,(H,30,31). The molecule has 1 heterocycles. The monoisotopic (exact) mass is 517 g/mol. The van der Waals surface area contributed by atoms with Crippen LogP contribution in [0.2, 0.25) is 10.0 Å². The molecule has 3 aromatic carbocycles. The summed E-state index contributed by atoms with van der Waals surface area (Å²) in [5.41, 5.74) is 3.31. The lowest BCUT2D eigenvalue weighted by atomic mass is 9.94. The minimum Gasteiger partial charge on any atom is -0.488 e. The summed E-state index contributed by atoms with van der Waals surface area (Å²) in [4.78, 5) is 12.1. The molecule has 1 unspecified atom stereocenters. The highest BCUT2D eigenvalue weighted by Crippen LogP contribution is 2.34. The SMILES string of the molecule is CC1(C)CCc2cc(S(=O)N(CC(=O)O)Cc3cccc(-c4cc(Cl)cc(Cl)c4)c3)ccc2O1. The Morgan fingerprint density at radius 3 is 2.50 bits per heavy atom. The summed E-state index contributed by atoms with van der Waals surface area (Å²) in [6.07, 6.45) is 1.67. The molecule has 0 saturated heterocycles. The summed E-state index contributed by atoms with van der Waals surface area (Å²) in [6, 6.07) is 18.3. The van der Waals surface area contributed by atoms with Crippen LogP contribution in [0, 0.1) is 0 Å². The lowest BCUT2D eigenvalue weighted by molar-refractivity contribution is -0.137. The Balaban J connectivity index is 1.60. The van der Waals surface area contributed by atoms with Crippen molar-refractivity contribution in [1.29, 1.82) is 0 Å². The van der Waals surface area contributed by atoms with Gasteiger partial charge in [-0.25, -0.2) is 8.51 Å². The predicted octanol–water partition coefficient (Wildman–Crippen LogP) is 6.37. The number of hydrogen-bond donors (Lipinski definition) is 1. The number of aliphatic carboxylic acids is 1. The number of halogens is 2. The molecule has 0 aliphatic carbocycles. The first kappa shape index (κ1) is 24.7. The Hall–Kier alpha value is -2.38. The highest BCUT2D eigenvalue weighted by atomic mass is 35.5. The van der Waals surface area contributed by atoms with E-state index in [0.29, 0.717) is 14.9 Å². The van der Waals surface area contributed by atoms with Crippen molar-refractivity contribution in [1.82, 2.24) is 4.31 Å². The van der Waals surface area contributed by atoms with E-state index in [9.17, 15) is 14.1 Å². The Kier molecular flexibility index (Phi) is 7.33. The van der Waals surface area contributed by atoms with Gasteiger partial charge < -0.3 is 9.84 Å². The van der Waals surface area contributed by atoms with Crippen molar-refractivity contribution >= 4 is 40.2 Å². The molecule has 4 rings (SSSR count). The van der Waals surface area contributed by atoms with Crippen LogP contribution in [-0.4, -0.2) is 31.7 Å². The van der Waals surface area contributed by atoms with Gasteiger partial charge in [-0.05, 0) is 91.4 Å². The highest BCUT2D eigenvalue weighted by Gasteiger charge is 2.28. The normalized spacial score (nSPS) is 15.4. The van der Waals surface area contributed by atoms with Gasteiger partial charge in [-0.3, -0.25) is 4.79 Å². The molecule has 0 saturated carbocycles. The van der Waals surface area contributed by atoms with Crippen LogP contribution in [0.4, 0.5) is 0 Å². The Morgan fingerprint density at radius 1 is 1.06 bits per heavy atom. The zero-order valence-corrected chi connectivity index (χ0v) is 21.2. The van der Waals surface area contributed by atoms with Crippen molar-refractivity contribution in [3.8, 4) is 16.9 Å². The second-order valence-corrected chi connectivity index (χ2v) is 11.3. The Labute approximate surface area is 211 Å². The quantitative estimate of drug-likeness (QED) is 0.395. The summed E-state index contributed by atoms with van der Waals surface area (Å²) < 4.78 is 20.9. The number of hydrogen-bond acceptors (Lipinski definition) is 3. The third-order valence-corrected chi connectivity index (χ3v) is 7.47. The van der Waals surface area contributed by atoms with E-state index >= 15 is 0 Å². The van der Waals surface area contributed by atoms with Crippen molar-refractivity contribution < 1.29 is 18.8 Å². The van der Waals surface area contributed by atoms with Gasteiger partial charge in [0.2, 0.25) is 0 Å². The van der Waals surface area contributed by atoms with Crippen molar-refractivity contribution in [2.24, 2.45) is 0 Å². The maximum Gasteiger partial charge on any atom is 0.318 e. The van der Waals surface area contributed by atoms with Crippen LogP contribution >= 0.6 is 23.2 Å². The van der Waals surface area contributed by atoms with Crippen LogP contribution in [0.1, 0.15) is 31.4 Å². The van der Waals surface area contributed by atoms with E-state index in [1.807, 2.05) is 62.4 Å². The molecule has 34 heavy (non-hydrogen) atoms. The fraction of sp³-hybridized carbons (Fsp3) is 0.269. The molecular formula is C26H25Cl2NO4S. The van der Waals surface area contributed by atoms with E-state index in [0.717, 1.165) is 40.8 Å². The smallest absolute Gasteiger partial charge is 0.318 e. The highest BCUT2D eigenvalue weighted by molar-refractivity contribution is 7.82.